The third kappa shape index (κ3) is 2.37. The van der Waals surface area contributed by atoms with Gasteiger partial charge in [-0.1, -0.05) is 6.07 Å². The van der Waals surface area contributed by atoms with E-state index >= 15 is 0 Å². The fourth-order valence-electron chi connectivity index (χ4n) is 5.96. The van der Waals surface area contributed by atoms with E-state index in [4.69, 9.17) is 0 Å². The van der Waals surface area contributed by atoms with Crippen LogP contribution in [-0.2, 0) is 19.8 Å². The number of rotatable bonds is 2. The monoisotopic (exact) mass is 394 g/mol. The predicted octanol–water partition coefficient (Wildman–Crippen LogP) is 1.06. The van der Waals surface area contributed by atoms with Crippen LogP contribution in [0.5, 0.6) is 0 Å². The van der Waals surface area contributed by atoms with Crippen molar-refractivity contribution in [1.29, 1.82) is 0 Å². The smallest absolute Gasteiger partial charge is 0.249 e. The van der Waals surface area contributed by atoms with E-state index in [1.54, 1.807) is 4.90 Å². The minimum Gasteiger partial charge on any atom is -0.370 e. The first kappa shape index (κ1) is 17.4. The molecule has 4 fully saturated rings. The Bertz CT molecular complexity index is 924. The first-order chi connectivity index (χ1) is 14.0. The van der Waals surface area contributed by atoms with Crippen LogP contribution in [0.15, 0.2) is 18.2 Å². The van der Waals surface area contributed by atoms with Crippen molar-refractivity contribution in [2.24, 2.45) is 5.41 Å². The summed E-state index contributed by atoms with van der Waals surface area (Å²) in [5, 5.41) is 5.87. The fraction of sp³-hybridized carbons (Fsp3) is 0.591. The zero-order valence-electron chi connectivity index (χ0n) is 16.5. The molecule has 0 radical (unpaired) electrons. The lowest BCUT2D eigenvalue weighted by Crippen LogP contribution is -2.60. The maximum absolute atomic E-state index is 13.5. The highest BCUT2D eigenvalue weighted by Gasteiger charge is 2.63. The Balaban J connectivity index is 1.36. The van der Waals surface area contributed by atoms with Crippen LogP contribution >= 0.6 is 0 Å². The van der Waals surface area contributed by atoms with Gasteiger partial charge in [0, 0.05) is 36.2 Å². The summed E-state index contributed by atoms with van der Waals surface area (Å²) in [6, 6.07) is 5.55. The van der Waals surface area contributed by atoms with Gasteiger partial charge in [-0.15, -0.1) is 0 Å². The van der Waals surface area contributed by atoms with Crippen molar-refractivity contribution in [2.75, 3.05) is 36.0 Å². The molecule has 3 amide bonds. The van der Waals surface area contributed by atoms with E-state index in [0.717, 1.165) is 50.3 Å². The number of nitrogens with one attached hydrogen (secondary N) is 2. The summed E-state index contributed by atoms with van der Waals surface area (Å²) in [6.45, 7) is 4.28. The second kappa shape index (κ2) is 5.81. The first-order valence-corrected chi connectivity index (χ1v) is 10.8. The number of hydrogen-bond acceptors (Lipinski definition) is 5. The van der Waals surface area contributed by atoms with Gasteiger partial charge in [0.1, 0.15) is 6.04 Å². The molecular weight excluding hydrogens is 368 g/mol. The van der Waals surface area contributed by atoms with Crippen molar-refractivity contribution < 1.29 is 14.4 Å². The summed E-state index contributed by atoms with van der Waals surface area (Å²) >= 11 is 0. The van der Waals surface area contributed by atoms with Crippen LogP contribution in [0.25, 0.3) is 0 Å². The molecule has 1 unspecified atom stereocenters. The van der Waals surface area contributed by atoms with Crippen LogP contribution < -0.4 is 20.4 Å². The van der Waals surface area contributed by atoms with Crippen molar-refractivity contribution in [3.8, 4) is 0 Å². The molecule has 4 heterocycles. The van der Waals surface area contributed by atoms with Crippen molar-refractivity contribution in [2.45, 2.75) is 50.0 Å². The number of amides is 3. The number of piperidine rings is 2. The topological polar surface area (TPSA) is 81.8 Å². The van der Waals surface area contributed by atoms with Crippen LogP contribution in [0.4, 0.5) is 11.4 Å². The second-order valence-electron chi connectivity index (χ2n) is 9.50. The van der Waals surface area contributed by atoms with E-state index in [0.29, 0.717) is 11.8 Å². The van der Waals surface area contributed by atoms with Crippen molar-refractivity contribution in [3.05, 3.63) is 23.8 Å². The van der Waals surface area contributed by atoms with E-state index in [2.05, 4.69) is 21.6 Å². The zero-order chi connectivity index (χ0) is 19.8. The Kier molecular flexibility index (Phi) is 3.50. The number of imide groups is 1. The van der Waals surface area contributed by atoms with Crippen LogP contribution in [0, 0.1) is 5.41 Å². The Hall–Kier alpha value is -2.41. The number of benzene rings is 1. The standard InChI is InChI=1S/C22H26N4O3/c27-17-5-4-16(19(28)24-17)26-15-3-1-2-14(18(15)22(6-7-22)20(26)29)25-12-21(13-25)8-10-23-11-9-21/h1-3,16,23H,4-13H2,(H,24,27,28). The summed E-state index contributed by atoms with van der Waals surface area (Å²) in [7, 11) is 0. The molecule has 6 rings (SSSR count). The second-order valence-corrected chi connectivity index (χ2v) is 9.50. The van der Waals surface area contributed by atoms with Gasteiger partial charge in [-0.3, -0.25) is 24.6 Å². The number of carbonyl (C=O) groups is 3. The van der Waals surface area contributed by atoms with E-state index in [1.165, 1.54) is 18.5 Å². The molecule has 2 N–H and O–H groups in total. The van der Waals surface area contributed by atoms with Crippen LogP contribution in [0.3, 0.4) is 0 Å². The Labute approximate surface area is 169 Å². The lowest BCUT2D eigenvalue weighted by Gasteiger charge is -2.54. The molecule has 7 heteroatoms. The van der Waals surface area contributed by atoms with Crippen LogP contribution in [-0.4, -0.2) is 49.9 Å². The molecule has 29 heavy (non-hydrogen) atoms. The van der Waals surface area contributed by atoms with Gasteiger partial charge in [-0.2, -0.15) is 0 Å². The summed E-state index contributed by atoms with van der Waals surface area (Å²) in [5.41, 5.74) is 3.14. The molecule has 7 nitrogen and oxygen atoms in total. The molecule has 4 aliphatic heterocycles. The van der Waals surface area contributed by atoms with Crippen LogP contribution in [0.2, 0.25) is 0 Å². The molecule has 1 aromatic rings. The van der Waals surface area contributed by atoms with E-state index < -0.39 is 11.5 Å². The van der Waals surface area contributed by atoms with Gasteiger partial charge >= 0.3 is 0 Å². The summed E-state index contributed by atoms with van der Waals surface area (Å²) in [6.07, 6.45) is 4.81. The number of carbonyl (C=O) groups excluding carboxylic acids is 3. The first-order valence-electron chi connectivity index (χ1n) is 10.8. The van der Waals surface area contributed by atoms with Gasteiger partial charge in [0.25, 0.3) is 0 Å². The number of fused-ring (bicyclic) bond motifs is 2. The maximum Gasteiger partial charge on any atom is 0.249 e. The third-order valence-corrected chi connectivity index (χ3v) is 7.72. The highest BCUT2D eigenvalue weighted by molar-refractivity contribution is 6.16. The van der Waals surface area contributed by atoms with Gasteiger partial charge in [0.15, 0.2) is 0 Å². The molecule has 1 aliphatic carbocycles. The van der Waals surface area contributed by atoms with E-state index in [1.807, 2.05) is 12.1 Å². The van der Waals surface area contributed by atoms with Crippen molar-refractivity contribution in [1.82, 2.24) is 10.6 Å². The Morgan fingerprint density at radius 3 is 2.38 bits per heavy atom. The van der Waals surface area contributed by atoms with Gasteiger partial charge in [-0.25, -0.2) is 0 Å². The van der Waals surface area contributed by atoms with Gasteiger partial charge < -0.3 is 10.2 Å². The van der Waals surface area contributed by atoms with E-state index in [9.17, 15) is 14.4 Å². The minimum absolute atomic E-state index is 0.0477. The average Bonchev–Trinajstić information content (AvgIpc) is 3.45. The quantitative estimate of drug-likeness (QED) is 0.733. The third-order valence-electron chi connectivity index (χ3n) is 7.72. The molecule has 1 aromatic carbocycles. The highest BCUT2D eigenvalue weighted by Crippen LogP contribution is 2.61. The molecule has 0 aromatic heterocycles. The van der Waals surface area contributed by atoms with Crippen molar-refractivity contribution >= 4 is 29.1 Å². The Morgan fingerprint density at radius 1 is 0.966 bits per heavy atom. The van der Waals surface area contributed by atoms with Gasteiger partial charge in [-0.05, 0) is 57.3 Å². The normalized spacial score (nSPS) is 29.1. The fourth-order valence-corrected chi connectivity index (χ4v) is 5.96. The maximum atomic E-state index is 13.5. The summed E-state index contributed by atoms with van der Waals surface area (Å²) < 4.78 is 0. The molecule has 5 aliphatic rings. The number of anilines is 2. The lowest BCUT2D eigenvalue weighted by molar-refractivity contribution is -0.135. The van der Waals surface area contributed by atoms with E-state index in [-0.39, 0.29) is 24.1 Å². The molecular formula is C22H26N4O3. The Morgan fingerprint density at radius 2 is 1.69 bits per heavy atom. The number of hydrogen-bond donors (Lipinski definition) is 2. The molecule has 1 saturated carbocycles. The largest absolute Gasteiger partial charge is 0.370 e. The summed E-state index contributed by atoms with van der Waals surface area (Å²) in [4.78, 5) is 41.7. The average molecular weight is 394 g/mol. The highest BCUT2D eigenvalue weighted by atomic mass is 16.2. The molecule has 2 spiro atoms. The van der Waals surface area contributed by atoms with Crippen molar-refractivity contribution in [3.63, 3.8) is 0 Å². The zero-order valence-corrected chi connectivity index (χ0v) is 16.5. The van der Waals surface area contributed by atoms with Crippen LogP contribution in [0.1, 0.15) is 44.1 Å². The van der Waals surface area contributed by atoms with Gasteiger partial charge in [0.05, 0.1) is 11.1 Å². The predicted molar refractivity (Wildman–Crippen MR) is 108 cm³/mol. The molecule has 1 atom stereocenters. The summed E-state index contributed by atoms with van der Waals surface area (Å²) in [5.74, 6) is -0.548. The number of nitrogens with zero attached hydrogens (tertiary/aromatic N) is 2. The lowest BCUT2D eigenvalue weighted by atomic mass is 9.72. The molecule has 0 bridgehead atoms. The molecule has 3 saturated heterocycles. The minimum atomic E-state index is -0.582. The molecule has 152 valence electrons. The van der Waals surface area contributed by atoms with Gasteiger partial charge in [0.2, 0.25) is 17.7 Å². The SMILES string of the molecule is O=C1CCC(N2C(=O)C3(CC3)c3c(N4CC5(CCNCC5)C4)cccc32)C(=O)N1.